The van der Waals surface area contributed by atoms with E-state index in [9.17, 15) is 9.18 Å². The van der Waals surface area contributed by atoms with Crippen molar-refractivity contribution in [3.63, 3.8) is 0 Å². The minimum atomic E-state index is -0.221. The summed E-state index contributed by atoms with van der Waals surface area (Å²) in [5, 5.41) is 0. The number of ether oxygens (including phenoxy) is 1. The first-order chi connectivity index (χ1) is 12.1. The summed E-state index contributed by atoms with van der Waals surface area (Å²) in [6.45, 7) is 2.23. The SMILES string of the molecule is CN1CCN(C(=O)CCOc2ccccc2)CC1c1ccccc1F. The molecule has 0 spiro atoms. The van der Waals surface area contributed by atoms with Crippen LogP contribution >= 0.6 is 0 Å². The summed E-state index contributed by atoms with van der Waals surface area (Å²) in [6.07, 6.45) is 0.322. The Labute approximate surface area is 147 Å². The summed E-state index contributed by atoms with van der Waals surface area (Å²) in [6, 6.07) is 16.1. The molecule has 4 nitrogen and oxygen atoms in total. The summed E-state index contributed by atoms with van der Waals surface area (Å²) < 4.78 is 19.7. The quantitative estimate of drug-likeness (QED) is 0.837. The van der Waals surface area contributed by atoms with Crippen molar-refractivity contribution in [2.75, 3.05) is 33.3 Å². The van der Waals surface area contributed by atoms with Crippen molar-refractivity contribution in [3.8, 4) is 5.75 Å². The second kappa shape index (κ2) is 8.12. The minimum absolute atomic E-state index is 0.0466. The topological polar surface area (TPSA) is 32.8 Å². The van der Waals surface area contributed by atoms with Crippen molar-refractivity contribution in [1.29, 1.82) is 0 Å². The van der Waals surface area contributed by atoms with Gasteiger partial charge in [0.05, 0.1) is 19.1 Å². The molecule has 2 aromatic rings. The van der Waals surface area contributed by atoms with E-state index in [2.05, 4.69) is 4.90 Å². The molecular formula is C20H23FN2O2. The number of hydrogen-bond donors (Lipinski definition) is 0. The highest BCUT2D eigenvalue weighted by atomic mass is 19.1. The summed E-state index contributed by atoms with van der Waals surface area (Å²) in [5.74, 6) is 0.587. The van der Waals surface area contributed by atoms with Crippen LogP contribution in [0, 0.1) is 5.82 Å². The van der Waals surface area contributed by atoms with Gasteiger partial charge >= 0.3 is 0 Å². The van der Waals surface area contributed by atoms with Gasteiger partial charge in [0.15, 0.2) is 0 Å². The first-order valence-corrected chi connectivity index (χ1v) is 8.55. The smallest absolute Gasteiger partial charge is 0.226 e. The molecular weight excluding hydrogens is 319 g/mol. The van der Waals surface area contributed by atoms with Crippen molar-refractivity contribution in [3.05, 3.63) is 66.0 Å². The van der Waals surface area contributed by atoms with Crippen LogP contribution in [0.4, 0.5) is 4.39 Å². The highest BCUT2D eigenvalue weighted by molar-refractivity contribution is 5.76. The molecule has 132 valence electrons. The Morgan fingerprint density at radius 2 is 1.84 bits per heavy atom. The van der Waals surface area contributed by atoms with E-state index in [0.717, 1.165) is 12.3 Å². The van der Waals surface area contributed by atoms with E-state index < -0.39 is 0 Å². The fraction of sp³-hybridized carbons (Fsp3) is 0.350. The van der Waals surface area contributed by atoms with Crippen molar-refractivity contribution in [2.45, 2.75) is 12.5 Å². The van der Waals surface area contributed by atoms with Crippen molar-refractivity contribution in [1.82, 2.24) is 9.80 Å². The Balaban J connectivity index is 1.57. The summed E-state index contributed by atoms with van der Waals surface area (Å²) >= 11 is 0. The minimum Gasteiger partial charge on any atom is -0.493 e. The number of nitrogens with zero attached hydrogens (tertiary/aromatic N) is 2. The molecule has 1 saturated heterocycles. The Bertz CT molecular complexity index is 708. The van der Waals surface area contributed by atoms with Gasteiger partial charge in [0.1, 0.15) is 11.6 Å². The number of para-hydroxylation sites is 1. The van der Waals surface area contributed by atoms with Gasteiger partial charge in [-0.25, -0.2) is 4.39 Å². The molecule has 1 heterocycles. The molecule has 0 N–H and O–H groups in total. The molecule has 0 radical (unpaired) electrons. The lowest BCUT2D eigenvalue weighted by molar-refractivity contribution is -0.134. The lowest BCUT2D eigenvalue weighted by Crippen LogP contribution is -2.49. The lowest BCUT2D eigenvalue weighted by atomic mass is 10.0. The monoisotopic (exact) mass is 342 g/mol. The van der Waals surface area contributed by atoms with Crippen LogP contribution in [-0.4, -0.2) is 49.0 Å². The maximum absolute atomic E-state index is 14.1. The maximum Gasteiger partial charge on any atom is 0.226 e. The zero-order valence-electron chi connectivity index (χ0n) is 14.4. The molecule has 0 aliphatic carbocycles. The standard InChI is InChI=1S/C20H23FN2O2/c1-22-12-13-23(15-19(22)17-9-5-6-10-18(17)21)20(24)11-14-25-16-7-3-2-4-8-16/h2-10,19H,11-15H2,1H3. The molecule has 1 unspecified atom stereocenters. The second-order valence-electron chi connectivity index (χ2n) is 6.27. The predicted molar refractivity (Wildman–Crippen MR) is 94.9 cm³/mol. The lowest BCUT2D eigenvalue weighted by Gasteiger charge is -2.39. The van der Waals surface area contributed by atoms with Crippen LogP contribution in [0.1, 0.15) is 18.0 Å². The Kier molecular flexibility index (Phi) is 5.66. The highest BCUT2D eigenvalue weighted by Gasteiger charge is 2.29. The van der Waals surface area contributed by atoms with Crippen molar-refractivity contribution in [2.24, 2.45) is 0 Å². The van der Waals surface area contributed by atoms with Crippen LogP contribution in [0.3, 0.4) is 0 Å². The number of amides is 1. The fourth-order valence-corrected chi connectivity index (χ4v) is 3.11. The van der Waals surface area contributed by atoms with E-state index in [4.69, 9.17) is 4.74 Å². The predicted octanol–water partition coefficient (Wildman–Crippen LogP) is 3.11. The van der Waals surface area contributed by atoms with Gasteiger partial charge in [0.2, 0.25) is 5.91 Å². The Morgan fingerprint density at radius 3 is 2.60 bits per heavy atom. The number of likely N-dealkylation sites (N-methyl/N-ethyl adjacent to an activating group) is 1. The zero-order chi connectivity index (χ0) is 17.6. The number of carbonyl (C=O) groups is 1. The van der Waals surface area contributed by atoms with Crippen LogP contribution in [-0.2, 0) is 4.79 Å². The normalized spacial score (nSPS) is 18.2. The van der Waals surface area contributed by atoms with Gasteiger partial charge in [-0.05, 0) is 25.2 Å². The van der Waals surface area contributed by atoms with Gasteiger partial charge in [-0.3, -0.25) is 9.69 Å². The Morgan fingerprint density at radius 1 is 1.12 bits per heavy atom. The Hall–Kier alpha value is -2.40. The molecule has 1 atom stereocenters. The molecule has 1 fully saturated rings. The molecule has 2 aromatic carbocycles. The third-order valence-electron chi connectivity index (χ3n) is 4.59. The fourth-order valence-electron chi connectivity index (χ4n) is 3.11. The van der Waals surface area contributed by atoms with Gasteiger partial charge < -0.3 is 9.64 Å². The first-order valence-electron chi connectivity index (χ1n) is 8.55. The second-order valence-corrected chi connectivity index (χ2v) is 6.27. The number of hydrogen-bond acceptors (Lipinski definition) is 3. The average Bonchev–Trinajstić information content (AvgIpc) is 2.63. The van der Waals surface area contributed by atoms with Crippen LogP contribution in [0.2, 0.25) is 0 Å². The van der Waals surface area contributed by atoms with Gasteiger partial charge in [0, 0.05) is 25.2 Å². The molecule has 1 amide bonds. The largest absolute Gasteiger partial charge is 0.493 e. The molecule has 0 saturated carbocycles. The summed E-state index contributed by atoms with van der Waals surface area (Å²) in [4.78, 5) is 16.4. The van der Waals surface area contributed by atoms with Crippen LogP contribution in [0.25, 0.3) is 0 Å². The first kappa shape index (κ1) is 17.4. The van der Waals surface area contributed by atoms with E-state index >= 15 is 0 Å². The average molecular weight is 342 g/mol. The number of rotatable bonds is 5. The number of benzene rings is 2. The molecule has 5 heteroatoms. The van der Waals surface area contributed by atoms with E-state index in [1.807, 2.05) is 48.3 Å². The molecule has 1 aliphatic heterocycles. The molecule has 0 aromatic heterocycles. The van der Waals surface area contributed by atoms with E-state index in [1.54, 1.807) is 12.1 Å². The van der Waals surface area contributed by atoms with Gasteiger partial charge in [-0.15, -0.1) is 0 Å². The van der Waals surface area contributed by atoms with Crippen molar-refractivity contribution >= 4 is 5.91 Å². The maximum atomic E-state index is 14.1. The van der Waals surface area contributed by atoms with Gasteiger partial charge in [-0.1, -0.05) is 36.4 Å². The highest BCUT2D eigenvalue weighted by Crippen LogP contribution is 2.26. The zero-order valence-corrected chi connectivity index (χ0v) is 14.4. The van der Waals surface area contributed by atoms with Crippen LogP contribution < -0.4 is 4.74 Å². The van der Waals surface area contributed by atoms with Gasteiger partial charge in [0.25, 0.3) is 0 Å². The number of halogens is 1. The molecule has 0 bridgehead atoms. The third-order valence-corrected chi connectivity index (χ3v) is 4.59. The van der Waals surface area contributed by atoms with Crippen molar-refractivity contribution < 1.29 is 13.9 Å². The van der Waals surface area contributed by atoms with Gasteiger partial charge in [-0.2, -0.15) is 0 Å². The van der Waals surface area contributed by atoms with E-state index in [-0.39, 0.29) is 17.8 Å². The number of piperazine rings is 1. The summed E-state index contributed by atoms with van der Waals surface area (Å²) in [7, 11) is 1.97. The molecule has 25 heavy (non-hydrogen) atoms. The van der Waals surface area contributed by atoms with Crippen LogP contribution in [0.5, 0.6) is 5.75 Å². The van der Waals surface area contributed by atoms with Crippen LogP contribution in [0.15, 0.2) is 54.6 Å². The number of carbonyl (C=O) groups excluding carboxylic acids is 1. The van der Waals surface area contributed by atoms with E-state index in [1.165, 1.54) is 6.07 Å². The summed E-state index contributed by atoms with van der Waals surface area (Å²) in [5.41, 5.74) is 0.642. The van der Waals surface area contributed by atoms with E-state index in [0.29, 0.717) is 31.7 Å². The molecule has 1 aliphatic rings. The molecule has 3 rings (SSSR count). The third kappa shape index (κ3) is 4.37.